The summed E-state index contributed by atoms with van der Waals surface area (Å²) in [7, 11) is 3.72. The van der Waals surface area contributed by atoms with E-state index in [0.717, 1.165) is 12.2 Å². The molecule has 0 aliphatic heterocycles. The van der Waals surface area contributed by atoms with Gasteiger partial charge in [0.2, 0.25) is 0 Å². The maximum atomic E-state index is 5.13. The van der Waals surface area contributed by atoms with Gasteiger partial charge < -0.3 is 10.1 Å². The van der Waals surface area contributed by atoms with Crippen LogP contribution in [0.25, 0.3) is 0 Å². The van der Waals surface area contributed by atoms with E-state index in [2.05, 4.69) is 31.3 Å². The number of nitrogens with one attached hydrogen (secondary N) is 1. The van der Waals surface area contributed by atoms with Gasteiger partial charge in [-0.25, -0.2) is 0 Å². The van der Waals surface area contributed by atoms with Gasteiger partial charge in [-0.3, -0.25) is 0 Å². The highest BCUT2D eigenvalue weighted by Gasteiger charge is 2.11. The smallest absolute Gasteiger partial charge is 0.118 e. The molecule has 15 heavy (non-hydrogen) atoms. The third-order valence-electron chi connectivity index (χ3n) is 2.79. The lowest BCUT2D eigenvalue weighted by Crippen LogP contribution is -2.32. The summed E-state index contributed by atoms with van der Waals surface area (Å²) in [5.74, 6) is 1.57. The number of hydrogen-bond acceptors (Lipinski definition) is 2. The second kappa shape index (κ2) is 5.76. The molecule has 0 spiro atoms. The van der Waals surface area contributed by atoms with Crippen LogP contribution < -0.4 is 10.1 Å². The topological polar surface area (TPSA) is 21.3 Å². The minimum atomic E-state index is 0.540. The van der Waals surface area contributed by atoms with Crippen LogP contribution in [0, 0.1) is 5.92 Å². The van der Waals surface area contributed by atoms with Gasteiger partial charge in [0.05, 0.1) is 7.11 Å². The molecular formula is C13H21NO. The van der Waals surface area contributed by atoms with Gasteiger partial charge in [0.1, 0.15) is 5.75 Å². The number of ether oxygens (including phenoxy) is 1. The number of methoxy groups -OCH3 is 1. The van der Waals surface area contributed by atoms with Crippen molar-refractivity contribution >= 4 is 0 Å². The number of benzene rings is 1. The Balaban J connectivity index is 2.63. The average molecular weight is 207 g/mol. The number of likely N-dealkylation sites (N-methyl/N-ethyl adjacent to an activating group) is 1. The fraction of sp³-hybridized carbons (Fsp3) is 0.538. The van der Waals surface area contributed by atoms with Gasteiger partial charge in [0.15, 0.2) is 0 Å². The van der Waals surface area contributed by atoms with E-state index in [0.29, 0.717) is 12.0 Å². The summed E-state index contributed by atoms with van der Waals surface area (Å²) in [6.45, 7) is 4.48. The molecule has 0 saturated carbocycles. The van der Waals surface area contributed by atoms with Crippen molar-refractivity contribution in [2.75, 3.05) is 14.2 Å². The van der Waals surface area contributed by atoms with Crippen molar-refractivity contribution < 1.29 is 4.74 Å². The largest absolute Gasteiger partial charge is 0.497 e. The lowest BCUT2D eigenvalue weighted by atomic mass is 9.97. The highest BCUT2D eigenvalue weighted by atomic mass is 16.5. The Morgan fingerprint density at radius 3 is 2.20 bits per heavy atom. The summed E-state index contributed by atoms with van der Waals surface area (Å²) < 4.78 is 5.13. The molecule has 0 saturated heterocycles. The molecule has 0 fully saturated rings. The lowest BCUT2D eigenvalue weighted by Gasteiger charge is -2.20. The molecule has 0 radical (unpaired) electrons. The third kappa shape index (κ3) is 3.56. The lowest BCUT2D eigenvalue weighted by molar-refractivity contribution is 0.412. The zero-order valence-corrected chi connectivity index (χ0v) is 10.1. The van der Waals surface area contributed by atoms with Gasteiger partial charge in [0.25, 0.3) is 0 Å². The van der Waals surface area contributed by atoms with Crippen LogP contribution in [-0.4, -0.2) is 20.2 Å². The van der Waals surface area contributed by atoms with Crippen molar-refractivity contribution in [1.29, 1.82) is 0 Å². The Morgan fingerprint density at radius 2 is 1.80 bits per heavy atom. The summed E-state index contributed by atoms with van der Waals surface area (Å²) in [6.07, 6.45) is 1.07. The van der Waals surface area contributed by atoms with Crippen molar-refractivity contribution in [3.8, 4) is 5.75 Å². The van der Waals surface area contributed by atoms with E-state index in [1.165, 1.54) is 5.56 Å². The Labute approximate surface area is 92.6 Å². The van der Waals surface area contributed by atoms with Crippen LogP contribution in [0.2, 0.25) is 0 Å². The first-order chi connectivity index (χ1) is 7.17. The van der Waals surface area contributed by atoms with E-state index in [-0.39, 0.29) is 0 Å². The summed E-state index contributed by atoms with van der Waals surface area (Å²) >= 11 is 0. The van der Waals surface area contributed by atoms with E-state index < -0.39 is 0 Å². The van der Waals surface area contributed by atoms with Crippen molar-refractivity contribution in [3.05, 3.63) is 29.8 Å². The van der Waals surface area contributed by atoms with Crippen molar-refractivity contribution in [3.63, 3.8) is 0 Å². The highest BCUT2D eigenvalue weighted by molar-refractivity contribution is 5.27. The first kappa shape index (κ1) is 12.1. The van der Waals surface area contributed by atoms with Crippen LogP contribution in [0.3, 0.4) is 0 Å². The number of hydrogen-bond donors (Lipinski definition) is 1. The molecule has 0 aromatic heterocycles. The predicted octanol–water partition coefficient (Wildman–Crippen LogP) is 2.48. The maximum Gasteiger partial charge on any atom is 0.118 e. The predicted molar refractivity (Wildman–Crippen MR) is 64.4 cm³/mol. The van der Waals surface area contributed by atoms with E-state index in [9.17, 15) is 0 Å². The maximum absolute atomic E-state index is 5.13. The van der Waals surface area contributed by atoms with Gasteiger partial charge in [-0.2, -0.15) is 0 Å². The molecule has 1 atom stereocenters. The van der Waals surface area contributed by atoms with Crippen LogP contribution in [0.5, 0.6) is 5.75 Å². The van der Waals surface area contributed by atoms with E-state index in [1.807, 2.05) is 19.2 Å². The fourth-order valence-corrected chi connectivity index (χ4v) is 1.69. The monoisotopic (exact) mass is 207 g/mol. The standard InChI is InChI=1S/C13H21NO/c1-10(2)13(14-3)9-11-5-7-12(15-4)8-6-11/h5-8,10,13-14H,9H2,1-4H3. The molecule has 2 heteroatoms. The van der Waals surface area contributed by atoms with Crippen LogP contribution in [0.4, 0.5) is 0 Å². The first-order valence-electron chi connectivity index (χ1n) is 5.47. The highest BCUT2D eigenvalue weighted by Crippen LogP contribution is 2.14. The molecule has 0 aliphatic rings. The zero-order chi connectivity index (χ0) is 11.3. The Bertz CT molecular complexity index is 279. The van der Waals surface area contributed by atoms with E-state index in [4.69, 9.17) is 4.74 Å². The molecule has 0 bridgehead atoms. The van der Waals surface area contributed by atoms with Crippen LogP contribution >= 0.6 is 0 Å². The normalized spacial score (nSPS) is 12.9. The van der Waals surface area contributed by atoms with Crippen molar-refractivity contribution in [1.82, 2.24) is 5.32 Å². The Kier molecular flexibility index (Phi) is 4.63. The van der Waals surface area contributed by atoms with Gasteiger partial charge in [-0.1, -0.05) is 26.0 Å². The second-order valence-corrected chi connectivity index (χ2v) is 4.19. The van der Waals surface area contributed by atoms with Crippen LogP contribution in [0.1, 0.15) is 19.4 Å². The summed E-state index contributed by atoms with van der Waals surface area (Å²) in [4.78, 5) is 0. The van der Waals surface area contributed by atoms with Crippen molar-refractivity contribution in [2.24, 2.45) is 5.92 Å². The zero-order valence-electron chi connectivity index (χ0n) is 10.1. The van der Waals surface area contributed by atoms with Crippen molar-refractivity contribution in [2.45, 2.75) is 26.3 Å². The SMILES string of the molecule is CNC(Cc1ccc(OC)cc1)C(C)C. The van der Waals surface area contributed by atoms with Crippen LogP contribution in [-0.2, 0) is 6.42 Å². The molecular weight excluding hydrogens is 186 g/mol. The second-order valence-electron chi connectivity index (χ2n) is 4.19. The molecule has 1 aromatic carbocycles. The summed E-state index contributed by atoms with van der Waals surface area (Å²) in [5, 5.41) is 3.35. The average Bonchev–Trinajstić information content (AvgIpc) is 2.26. The van der Waals surface area contributed by atoms with Gasteiger partial charge in [0, 0.05) is 6.04 Å². The Morgan fingerprint density at radius 1 is 1.20 bits per heavy atom. The molecule has 1 rings (SSSR count). The molecule has 0 heterocycles. The molecule has 2 nitrogen and oxygen atoms in total. The van der Waals surface area contributed by atoms with E-state index >= 15 is 0 Å². The summed E-state index contributed by atoms with van der Waals surface area (Å²) in [6, 6.07) is 8.83. The minimum Gasteiger partial charge on any atom is -0.497 e. The number of rotatable bonds is 5. The molecule has 1 aromatic rings. The van der Waals surface area contributed by atoms with Gasteiger partial charge >= 0.3 is 0 Å². The Hall–Kier alpha value is -1.02. The molecule has 84 valence electrons. The minimum absolute atomic E-state index is 0.540. The molecule has 0 amide bonds. The fourth-order valence-electron chi connectivity index (χ4n) is 1.69. The van der Waals surface area contributed by atoms with Gasteiger partial charge in [-0.05, 0) is 37.1 Å². The first-order valence-corrected chi connectivity index (χ1v) is 5.47. The quantitative estimate of drug-likeness (QED) is 0.801. The summed E-state index contributed by atoms with van der Waals surface area (Å²) in [5.41, 5.74) is 1.35. The molecule has 0 aliphatic carbocycles. The third-order valence-corrected chi connectivity index (χ3v) is 2.79. The van der Waals surface area contributed by atoms with Crippen LogP contribution in [0.15, 0.2) is 24.3 Å². The van der Waals surface area contributed by atoms with Gasteiger partial charge in [-0.15, -0.1) is 0 Å². The van der Waals surface area contributed by atoms with E-state index in [1.54, 1.807) is 7.11 Å². The molecule has 1 unspecified atom stereocenters. The molecule has 1 N–H and O–H groups in total.